The van der Waals surface area contributed by atoms with Crippen LogP contribution in [0.25, 0.3) is 5.82 Å². The van der Waals surface area contributed by atoms with Gasteiger partial charge in [-0.05, 0) is 63.6 Å². The fourth-order valence-electron chi connectivity index (χ4n) is 3.98. The number of benzene rings is 1. The molecule has 3 aromatic heterocycles. The lowest BCUT2D eigenvalue weighted by Crippen LogP contribution is -2.41. The van der Waals surface area contributed by atoms with Gasteiger partial charge in [-0.15, -0.1) is 10.2 Å². The molecule has 18 heteroatoms. The first kappa shape index (κ1) is 32.7. The lowest BCUT2D eigenvalue weighted by Gasteiger charge is -2.22. The van der Waals surface area contributed by atoms with Gasteiger partial charge in [-0.1, -0.05) is 23.2 Å². The molecule has 2 N–H and O–H groups in total. The normalized spacial score (nSPS) is 12.4. The topological polar surface area (TPSA) is 120 Å². The van der Waals surface area contributed by atoms with Gasteiger partial charge in [-0.25, -0.2) is 9.67 Å². The highest BCUT2D eigenvalue weighted by Gasteiger charge is 2.48. The number of amides is 2. The Kier molecular flexibility index (Phi) is 8.72. The minimum absolute atomic E-state index is 0.0139. The van der Waals surface area contributed by atoms with Crippen LogP contribution in [-0.4, -0.2) is 47.1 Å². The second-order valence-corrected chi connectivity index (χ2v) is 11.3. The number of carbonyl (C=O) groups is 2. The van der Waals surface area contributed by atoms with Gasteiger partial charge < -0.3 is 10.6 Å². The summed E-state index contributed by atoms with van der Waals surface area (Å²) in [7, 11) is 0. The number of hydrogen-bond donors (Lipinski definition) is 2. The molecule has 4 aromatic rings. The number of aromatic nitrogens is 6. The Morgan fingerprint density at radius 3 is 2.07 bits per heavy atom. The van der Waals surface area contributed by atoms with Crippen molar-refractivity contribution in [2.75, 3.05) is 5.32 Å². The van der Waals surface area contributed by atoms with Crippen LogP contribution in [0.4, 0.5) is 32.0 Å². The summed E-state index contributed by atoms with van der Waals surface area (Å²) < 4.78 is 80.6. The van der Waals surface area contributed by atoms with Gasteiger partial charge in [-0.2, -0.15) is 36.2 Å². The smallest absolute Gasteiger partial charge is 0.347 e. The number of pyridine rings is 1. The van der Waals surface area contributed by atoms with E-state index in [2.05, 4.69) is 30.9 Å². The van der Waals surface area contributed by atoms with Crippen LogP contribution >= 0.6 is 23.2 Å². The molecule has 0 spiro atoms. The van der Waals surface area contributed by atoms with E-state index in [1.165, 1.54) is 30.5 Å². The van der Waals surface area contributed by atoms with Crippen LogP contribution in [0.3, 0.4) is 0 Å². The quantitative estimate of drug-likeness (QED) is 0.233. The van der Waals surface area contributed by atoms with Gasteiger partial charge in [0.05, 0.1) is 22.0 Å². The molecule has 0 unspecified atom stereocenters. The third-order valence-electron chi connectivity index (χ3n) is 5.70. The van der Waals surface area contributed by atoms with E-state index >= 15 is 0 Å². The first-order valence-electron chi connectivity index (χ1n) is 12.5. The monoisotopic (exact) mass is 662 g/mol. The van der Waals surface area contributed by atoms with Gasteiger partial charge >= 0.3 is 12.4 Å². The maximum atomic E-state index is 13.7. The maximum absolute atomic E-state index is 13.7. The largest absolute Gasteiger partial charge is 0.437 e. The van der Waals surface area contributed by atoms with E-state index in [9.17, 15) is 35.9 Å². The molecule has 0 radical (unpaired) electrons. The van der Waals surface area contributed by atoms with Crippen LogP contribution in [0, 0.1) is 6.92 Å². The molecule has 234 valence electrons. The van der Waals surface area contributed by atoms with Crippen LogP contribution in [0.15, 0.2) is 36.5 Å². The molecule has 0 saturated carbocycles. The molecule has 44 heavy (non-hydrogen) atoms. The summed E-state index contributed by atoms with van der Waals surface area (Å²) >= 11 is 12.4. The van der Waals surface area contributed by atoms with Gasteiger partial charge in [0.2, 0.25) is 0 Å². The summed E-state index contributed by atoms with van der Waals surface area (Å²) in [4.78, 5) is 31.0. The number of aryl methyl sites for hydroxylation is 1. The molecule has 4 rings (SSSR count). The Morgan fingerprint density at radius 2 is 1.52 bits per heavy atom. The maximum Gasteiger partial charge on any atom is 0.437 e. The van der Waals surface area contributed by atoms with Crippen molar-refractivity contribution in [3.8, 4) is 5.82 Å². The van der Waals surface area contributed by atoms with Crippen molar-refractivity contribution in [2.45, 2.75) is 52.1 Å². The second kappa shape index (κ2) is 11.7. The average Bonchev–Trinajstić information content (AvgIpc) is 3.50. The summed E-state index contributed by atoms with van der Waals surface area (Å²) in [6.45, 7) is 6.05. The molecule has 10 nitrogen and oxygen atoms in total. The van der Waals surface area contributed by atoms with E-state index in [-0.39, 0.29) is 43.3 Å². The van der Waals surface area contributed by atoms with Crippen LogP contribution in [0.5, 0.6) is 0 Å². The fourth-order valence-corrected chi connectivity index (χ4v) is 4.46. The van der Waals surface area contributed by atoms with Gasteiger partial charge in [0.15, 0.2) is 17.2 Å². The number of halogens is 8. The highest BCUT2D eigenvalue weighted by molar-refractivity contribution is 6.32. The minimum Gasteiger partial charge on any atom is -0.347 e. The molecule has 0 saturated heterocycles. The van der Waals surface area contributed by atoms with Crippen molar-refractivity contribution in [1.29, 1.82) is 0 Å². The van der Waals surface area contributed by atoms with Gasteiger partial charge in [0.25, 0.3) is 11.8 Å². The number of rotatable bonds is 6. The number of anilines is 1. The van der Waals surface area contributed by atoms with Gasteiger partial charge in [0, 0.05) is 16.8 Å². The standard InChI is InChI=1S/C26H22Cl2F6N8O2/c1-12-8-13(27)9-15(22(43)37-24(2,3)4)18(12)36-23(44)17-10-14(38-42(17)21-16(28)6-5-7-35-21)11-41-39-19(25(29,30)31)20(40-41)26(32,33)34/h5-10H,11H2,1-4H3,(H,36,44)(H,37,43). The summed E-state index contributed by atoms with van der Waals surface area (Å²) in [6, 6.07) is 6.85. The molecule has 0 atom stereocenters. The zero-order valence-corrected chi connectivity index (χ0v) is 24.7. The molecule has 0 aliphatic carbocycles. The third kappa shape index (κ3) is 7.30. The predicted octanol–water partition coefficient (Wildman–Crippen LogP) is 6.34. The van der Waals surface area contributed by atoms with E-state index in [4.69, 9.17) is 23.2 Å². The Balaban J connectivity index is 1.78. The Morgan fingerprint density at radius 1 is 0.909 bits per heavy atom. The zero-order chi connectivity index (χ0) is 32.8. The fraction of sp³-hybridized carbons (Fsp3) is 0.308. The highest BCUT2D eigenvalue weighted by atomic mass is 35.5. The molecule has 0 aliphatic heterocycles. The Hall–Kier alpha value is -4.18. The van der Waals surface area contributed by atoms with E-state index in [1.54, 1.807) is 27.7 Å². The van der Waals surface area contributed by atoms with E-state index in [0.717, 1.165) is 10.7 Å². The molecule has 0 bridgehead atoms. The molecule has 0 fully saturated rings. The van der Waals surface area contributed by atoms with E-state index < -0.39 is 47.6 Å². The average molecular weight is 663 g/mol. The van der Waals surface area contributed by atoms with Crippen molar-refractivity contribution in [3.63, 3.8) is 0 Å². The summed E-state index contributed by atoms with van der Waals surface area (Å²) in [5.41, 5.74) is -5.07. The van der Waals surface area contributed by atoms with Crippen molar-refractivity contribution in [2.24, 2.45) is 0 Å². The van der Waals surface area contributed by atoms with Crippen molar-refractivity contribution < 1.29 is 35.9 Å². The van der Waals surface area contributed by atoms with Crippen molar-refractivity contribution >= 4 is 40.7 Å². The Bertz CT molecular complexity index is 1710. The molecule has 0 aliphatic rings. The van der Waals surface area contributed by atoms with Gasteiger partial charge in [0.1, 0.15) is 12.2 Å². The number of carbonyl (C=O) groups excluding carboxylic acids is 2. The first-order chi connectivity index (χ1) is 20.2. The molecule has 1 aromatic carbocycles. The number of nitrogens with zero attached hydrogens (tertiary/aromatic N) is 6. The van der Waals surface area contributed by atoms with Crippen LogP contribution in [0.1, 0.15) is 64.3 Å². The summed E-state index contributed by atoms with van der Waals surface area (Å²) in [5.74, 6) is -1.50. The number of hydrogen-bond acceptors (Lipinski definition) is 6. The lowest BCUT2D eigenvalue weighted by molar-refractivity contribution is -0.165. The van der Waals surface area contributed by atoms with Crippen LogP contribution in [-0.2, 0) is 18.9 Å². The zero-order valence-electron chi connectivity index (χ0n) is 23.2. The SMILES string of the molecule is Cc1cc(Cl)cc(C(=O)NC(C)(C)C)c1NC(=O)c1cc(Cn2nc(C(F)(F)F)c(C(F)(F)F)n2)nn1-c1ncccc1Cl. The lowest BCUT2D eigenvalue weighted by atomic mass is 10.0. The van der Waals surface area contributed by atoms with Crippen molar-refractivity contribution in [3.05, 3.63) is 80.5 Å². The second-order valence-electron chi connectivity index (χ2n) is 10.5. The van der Waals surface area contributed by atoms with E-state index in [1.807, 2.05) is 0 Å². The molecule has 2 amide bonds. The van der Waals surface area contributed by atoms with Crippen molar-refractivity contribution in [1.82, 2.24) is 35.1 Å². The molecule has 3 heterocycles. The summed E-state index contributed by atoms with van der Waals surface area (Å²) in [5, 5.41) is 15.7. The first-order valence-corrected chi connectivity index (χ1v) is 13.2. The van der Waals surface area contributed by atoms with E-state index in [0.29, 0.717) is 5.56 Å². The molecular weight excluding hydrogens is 641 g/mol. The highest BCUT2D eigenvalue weighted by Crippen LogP contribution is 2.38. The number of nitrogens with one attached hydrogen (secondary N) is 2. The van der Waals surface area contributed by atoms with Crippen LogP contribution < -0.4 is 10.6 Å². The molecular formula is C26H22Cl2F6N8O2. The van der Waals surface area contributed by atoms with Crippen LogP contribution in [0.2, 0.25) is 10.0 Å². The predicted molar refractivity (Wildman–Crippen MR) is 147 cm³/mol. The Labute approximate surface area is 255 Å². The number of alkyl halides is 6. The summed E-state index contributed by atoms with van der Waals surface area (Å²) in [6.07, 6.45) is -9.56. The van der Waals surface area contributed by atoms with Gasteiger partial charge in [-0.3, -0.25) is 9.59 Å². The third-order valence-corrected chi connectivity index (χ3v) is 6.21. The minimum atomic E-state index is -5.44.